The highest BCUT2D eigenvalue weighted by Gasteiger charge is 2.21. The molecule has 1 fully saturated rings. The van der Waals surface area contributed by atoms with E-state index in [2.05, 4.69) is 27.2 Å². The van der Waals surface area contributed by atoms with E-state index < -0.39 is 0 Å². The molecule has 0 unspecified atom stereocenters. The van der Waals surface area contributed by atoms with Gasteiger partial charge in [0.2, 0.25) is 17.6 Å². The van der Waals surface area contributed by atoms with Crippen LogP contribution in [0.25, 0.3) is 11.4 Å². The third-order valence-corrected chi connectivity index (χ3v) is 4.86. The van der Waals surface area contributed by atoms with Crippen LogP contribution in [0.5, 0.6) is 0 Å². The zero-order chi connectivity index (χ0) is 19.3. The normalized spacial score (nSPS) is 14.3. The molecule has 7 heteroatoms. The van der Waals surface area contributed by atoms with Crippen molar-refractivity contribution in [3.05, 3.63) is 66.3 Å². The van der Waals surface area contributed by atoms with Crippen LogP contribution in [0.4, 0.5) is 10.1 Å². The fourth-order valence-electron chi connectivity index (χ4n) is 3.33. The van der Waals surface area contributed by atoms with Gasteiger partial charge in [0.15, 0.2) is 0 Å². The number of aryl methyl sites for hydroxylation is 1. The van der Waals surface area contributed by atoms with Gasteiger partial charge in [-0.15, -0.1) is 0 Å². The summed E-state index contributed by atoms with van der Waals surface area (Å²) in [5.41, 5.74) is 1.74. The van der Waals surface area contributed by atoms with Crippen LogP contribution in [-0.2, 0) is 11.2 Å². The molecule has 1 aromatic heterocycles. The Kier molecular flexibility index (Phi) is 5.32. The molecule has 0 N–H and O–H groups in total. The number of hydrogen-bond donors (Lipinski definition) is 0. The van der Waals surface area contributed by atoms with Crippen molar-refractivity contribution in [2.75, 3.05) is 31.1 Å². The van der Waals surface area contributed by atoms with Crippen molar-refractivity contribution >= 4 is 11.6 Å². The van der Waals surface area contributed by atoms with Crippen LogP contribution in [0.3, 0.4) is 0 Å². The number of amides is 1. The number of rotatable bonds is 5. The monoisotopic (exact) mass is 380 g/mol. The van der Waals surface area contributed by atoms with Crippen LogP contribution in [-0.4, -0.2) is 47.1 Å². The molecule has 0 atom stereocenters. The van der Waals surface area contributed by atoms with E-state index in [1.165, 1.54) is 17.8 Å². The number of carbonyl (C=O) groups is 1. The van der Waals surface area contributed by atoms with Crippen LogP contribution >= 0.6 is 0 Å². The average molecular weight is 380 g/mol. The van der Waals surface area contributed by atoms with Gasteiger partial charge in [0.05, 0.1) is 0 Å². The number of carbonyl (C=O) groups excluding carboxylic acids is 1. The van der Waals surface area contributed by atoms with E-state index in [0.717, 1.165) is 13.1 Å². The maximum Gasteiger partial charge on any atom is 0.227 e. The maximum absolute atomic E-state index is 13.3. The molecule has 0 saturated carbocycles. The van der Waals surface area contributed by atoms with Gasteiger partial charge in [0.25, 0.3) is 0 Å². The van der Waals surface area contributed by atoms with Crippen LogP contribution in [0.1, 0.15) is 12.3 Å². The molecule has 3 aromatic rings. The highest BCUT2D eigenvalue weighted by molar-refractivity contribution is 5.76. The molecule has 2 heterocycles. The van der Waals surface area contributed by atoms with E-state index in [-0.39, 0.29) is 11.7 Å². The molecule has 1 aliphatic heterocycles. The molecular weight excluding hydrogens is 359 g/mol. The molecule has 0 bridgehead atoms. The summed E-state index contributed by atoms with van der Waals surface area (Å²) in [6.45, 7) is 3.04. The van der Waals surface area contributed by atoms with Crippen LogP contribution in [0.2, 0.25) is 0 Å². The van der Waals surface area contributed by atoms with Gasteiger partial charge in [-0.2, -0.15) is 4.98 Å². The maximum atomic E-state index is 13.3. The summed E-state index contributed by atoms with van der Waals surface area (Å²) in [5, 5.41) is 3.88. The standard InChI is InChI=1S/C21H21FN4O2/c22-17-6-4-5-16(15-17)21-23-19(28-24-21)9-10-20(27)26-13-11-25(12-14-26)18-7-2-1-3-8-18/h1-8,15H,9-14H2. The highest BCUT2D eigenvalue weighted by Crippen LogP contribution is 2.18. The first-order valence-electron chi connectivity index (χ1n) is 9.35. The van der Waals surface area contributed by atoms with Gasteiger partial charge in [-0.05, 0) is 24.3 Å². The quantitative estimate of drug-likeness (QED) is 0.680. The Labute approximate surface area is 162 Å². The largest absolute Gasteiger partial charge is 0.368 e. The first-order valence-corrected chi connectivity index (χ1v) is 9.35. The van der Waals surface area contributed by atoms with Gasteiger partial charge in [0.1, 0.15) is 5.82 Å². The number of hydrogen-bond acceptors (Lipinski definition) is 5. The number of para-hydroxylation sites is 1. The minimum atomic E-state index is -0.353. The van der Waals surface area contributed by atoms with E-state index in [0.29, 0.717) is 43.2 Å². The van der Waals surface area contributed by atoms with E-state index in [9.17, 15) is 9.18 Å². The zero-order valence-electron chi connectivity index (χ0n) is 15.4. The first-order chi connectivity index (χ1) is 13.7. The lowest BCUT2D eigenvalue weighted by atomic mass is 10.2. The third kappa shape index (κ3) is 4.19. The lowest BCUT2D eigenvalue weighted by molar-refractivity contribution is -0.131. The molecule has 1 saturated heterocycles. The number of anilines is 1. The molecule has 144 valence electrons. The molecule has 0 spiro atoms. The van der Waals surface area contributed by atoms with Gasteiger partial charge >= 0.3 is 0 Å². The van der Waals surface area contributed by atoms with Crippen LogP contribution < -0.4 is 4.90 Å². The van der Waals surface area contributed by atoms with Crippen molar-refractivity contribution in [2.24, 2.45) is 0 Å². The minimum Gasteiger partial charge on any atom is -0.368 e. The fourth-order valence-corrected chi connectivity index (χ4v) is 3.33. The average Bonchev–Trinajstić information content (AvgIpc) is 3.22. The Morgan fingerprint density at radius 3 is 2.57 bits per heavy atom. The molecule has 1 amide bonds. The number of piperazine rings is 1. The molecule has 0 radical (unpaired) electrons. The van der Waals surface area contributed by atoms with Crippen molar-refractivity contribution in [3.63, 3.8) is 0 Å². The van der Waals surface area contributed by atoms with Crippen molar-refractivity contribution < 1.29 is 13.7 Å². The second-order valence-electron chi connectivity index (χ2n) is 6.73. The Morgan fingerprint density at radius 2 is 1.82 bits per heavy atom. The Balaban J connectivity index is 1.28. The first kappa shape index (κ1) is 18.2. The van der Waals surface area contributed by atoms with Crippen molar-refractivity contribution in [2.45, 2.75) is 12.8 Å². The third-order valence-electron chi connectivity index (χ3n) is 4.86. The van der Waals surface area contributed by atoms with Crippen LogP contribution in [0.15, 0.2) is 59.1 Å². The zero-order valence-corrected chi connectivity index (χ0v) is 15.4. The Morgan fingerprint density at radius 1 is 1.04 bits per heavy atom. The number of nitrogens with zero attached hydrogens (tertiary/aromatic N) is 4. The second-order valence-corrected chi connectivity index (χ2v) is 6.73. The summed E-state index contributed by atoms with van der Waals surface area (Å²) in [4.78, 5) is 20.9. The van der Waals surface area contributed by atoms with E-state index in [1.807, 2.05) is 23.1 Å². The van der Waals surface area contributed by atoms with E-state index >= 15 is 0 Å². The summed E-state index contributed by atoms with van der Waals surface area (Å²) in [7, 11) is 0. The van der Waals surface area contributed by atoms with Gasteiger partial charge in [0, 0.05) is 50.3 Å². The van der Waals surface area contributed by atoms with Crippen molar-refractivity contribution in [1.82, 2.24) is 15.0 Å². The Bertz CT molecular complexity index is 936. The Hall–Kier alpha value is -3.22. The predicted molar refractivity (Wildman–Crippen MR) is 103 cm³/mol. The molecule has 0 aliphatic carbocycles. The lowest BCUT2D eigenvalue weighted by Gasteiger charge is -2.36. The summed E-state index contributed by atoms with van der Waals surface area (Å²) in [6.07, 6.45) is 0.691. The van der Waals surface area contributed by atoms with Crippen molar-refractivity contribution in [3.8, 4) is 11.4 Å². The van der Waals surface area contributed by atoms with Gasteiger partial charge in [-0.3, -0.25) is 4.79 Å². The summed E-state index contributed by atoms with van der Waals surface area (Å²) in [5.74, 6) is 0.445. The SMILES string of the molecule is O=C(CCc1nc(-c2cccc(F)c2)no1)N1CCN(c2ccccc2)CC1. The van der Waals surface area contributed by atoms with E-state index in [1.54, 1.807) is 12.1 Å². The number of aromatic nitrogens is 2. The molecular formula is C21H21FN4O2. The second kappa shape index (κ2) is 8.21. The smallest absolute Gasteiger partial charge is 0.227 e. The van der Waals surface area contributed by atoms with E-state index in [4.69, 9.17) is 4.52 Å². The molecule has 6 nitrogen and oxygen atoms in total. The van der Waals surface area contributed by atoms with Crippen LogP contribution in [0, 0.1) is 5.82 Å². The van der Waals surface area contributed by atoms with Crippen molar-refractivity contribution in [1.29, 1.82) is 0 Å². The highest BCUT2D eigenvalue weighted by atomic mass is 19.1. The topological polar surface area (TPSA) is 62.5 Å². The van der Waals surface area contributed by atoms with Gasteiger partial charge in [-0.25, -0.2) is 4.39 Å². The van der Waals surface area contributed by atoms with Gasteiger partial charge < -0.3 is 14.3 Å². The molecule has 1 aliphatic rings. The lowest BCUT2D eigenvalue weighted by Crippen LogP contribution is -2.48. The number of benzene rings is 2. The minimum absolute atomic E-state index is 0.0817. The van der Waals surface area contributed by atoms with Gasteiger partial charge in [-0.1, -0.05) is 35.5 Å². The summed E-state index contributed by atoms with van der Waals surface area (Å²) < 4.78 is 18.5. The predicted octanol–water partition coefficient (Wildman–Crippen LogP) is 3.16. The number of halogens is 1. The fraction of sp³-hybridized carbons (Fsp3) is 0.286. The molecule has 2 aromatic carbocycles. The summed E-state index contributed by atoms with van der Waals surface area (Å²) in [6, 6.07) is 16.2. The molecule has 4 rings (SSSR count). The molecule has 28 heavy (non-hydrogen) atoms. The summed E-state index contributed by atoms with van der Waals surface area (Å²) >= 11 is 0.